The zero-order valence-electron chi connectivity index (χ0n) is 11.3. The summed E-state index contributed by atoms with van der Waals surface area (Å²) in [6.45, 7) is 2.17. The first-order valence-corrected chi connectivity index (χ1v) is 7.24. The van der Waals surface area contributed by atoms with Gasteiger partial charge >= 0.3 is 5.51 Å². The summed E-state index contributed by atoms with van der Waals surface area (Å²) in [6.07, 6.45) is 4.19. The molecule has 0 saturated carbocycles. The molecule has 0 radical (unpaired) electrons. The average molecular weight is 317 g/mol. The summed E-state index contributed by atoms with van der Waals surface area (Å²) in [5.41, 5.74) is -1.25. The van der Waals surface area contributed by atoms with Crippen molar-refractivity contribution in [1.82, 2.24) is 24.6 Å². The van der Waals surface area contributed by atoms with Gasteiger partial charge in [0.25, 0.3) is 0 Å². The Bertz CT molecular complexity index is 633. The molecule has 1 N–H and O–H groups in total. The van der Waals surface area contributed by atoms with Gasteiger partial charge in [0.2, 0.25) is 0 Å². The lowest BCUT2D eigenvalue weighted by atomic mass is 10.1. The molecule has 2 aromatic heterocycles. The highest BCUT2D eigenvalue weighted by atomic mass is 32.2. The van der Waals surface area contributed by atoms with Crippen LogP contribution in [-0.4, -0.2) is 36.7 Å². The standard InChI is InChI=1S/C12H14F3N5S/c1-19-9(5-16-11(19)21-12(13,14)15)7-20-3-2-10-8(6-20)4-17-18-10/h4-5H,2-3,6-7H2,1H3,(H,17,18). The van der Waals surface area contributed by atoms with Crippen molar-refractivity contribution in [1.29, 1.82) is 0 Å². The average Bonchev–Trinajstić information content (AvgIpc) is 2.98. The number of thioether (sulfide) groups is 1. The molecule has 0 bridgehead atoms. The Hall–Kier alpha value is -1.48. The zero-order chi connectivity index (χ0) is 15.0. The van der Waals surface area contributed by atoms with Crippen molar-refractivity contribution in [3.8, 4) is 0 Å². The van der Waals surface area contributed by atoms with E-state index in [0.717, 1.165) is 36.5 Å². The number of aromatic amines is 1. The van der Waals surface area contributed by atoms with Crippen molar-refractivity contribution in [2.24, 2.45) is 7.05 Å². The highest BCUT2D eigenvalue weighted by Gasteiger charge is 2.32. The van der Waals surface area contributed by atoms with Crippen molar-refractivity contribution in [2.45, 2.75) is 30.2 Å². The summed E-state index contributed by atoms with van der Waals surface area (Å²) in [5.74, 6) is 0. The second kappa shape index (κ2) is 5.38. The Labute approximate surface area is 123 Å². The topological polar surface area (TPSA) is 49.7 Å². The minimum atomic E-state index is -4.31. The van der Waals surface area contributed by atoms with E-state index in [-0.39, 0.29) is 16.9 Å². The second-order valence-electron chi connectivity index (χ2n) is 4.97. The number of hydrogen-bond donors (Lipinski definition) is 1. The van der Waals surface area contributed by atoms with Crippen LogP contribution in [0.4, 0.5) is 13.2 Å². The maximum Gasteiger partial charge on any atom is 0.449 e. The van der Waals surface area contributed by atoms with E-state index >= 15 is 0 Å². The van der Waals surface area contributed by atoms with Crippen LogP contribution in [0.5, 0.6) is 0 Å². The minimum absolute atomic E-state index is 0.0292. The number of halogens is 3. The van der Waals surface area contributed by atoms with E-state index in [0.29, 0.717) is 6.54 Å². The molecule has 0 aliphatic carbocycles. The number of fused-ring (bicyclic) bond motifs is 1. The molecule has 1 aliphatic heterocycles. The second-order valence-corrected chi connectivity index (χ2v) is 6.01. The number of nitrogens with zero attached hydrogens (tertiary/aromatic N) is 4. The third-order valence-electron chi connectivity index (χ3n) is 3.51. The number of rotatable bonds is 3. The van der Waals surface area contributed by atoms with E-state index in [1.807, 2.05) is 0 Å². The SMILES string of the molecule is Cn1c(CN2CCc3[nH]ncc3C2)cnc1SC(F)(F)F. The summed E-state index contributed by atoms with van der Waals surface area (Å²) in [5, 5.41) is 6.94. The van der Waals surface area contributed by atoms with Gasteiger partial charge in [0.05, 0.1) is 18.1 Å². The molecule has 0 aromatic carbocycles. The van der Waals surface area contributed by atoms with Crippen LogP contribution in [0.25, 0.3) is 0 Å². The summed E-state index contributed by atoms with van der Waals surface area (Å²) in [4.78, 5) is 6.04. The molecule has 5 nitrogen and oxygen atoms in total. The van der Waals surface area contributed by atoms with Crippen LogP contribution in [0, 0.1) is 0 Å². The fraction of sp³-hybridized carbons (Fsp3) is 0.500. The molecular formula is C12H14F3N5S. The Morgan fingerprint density at radius 3 is 2.95 bits per heavy atom. The van der Waals surface area contributed by atoms with Crippen LogP contribution in [0.2, 0.25) is 0 Å². The highest BCUT2D eigenvalue weighted by Crippen LogP contribution is 2.36. The smallest absolute Gasteiger partial charge is 0.325 e. The van der Waals surface area contributed by atoms with Gasteiger partial charge in [-0.3, -0.25) is 10.00 Å². The molecule has 21 heavy (non-hydrogen) atoms. The molecule has 9 heteroatoms. The quantitative estimate of drug-likeness (QED) is 0.883. The van der Waals surface area contributed by atoms with E-state index < -0.39 is 5.51 Å². The summed E-state index contributed by atoms with van der Waals surface area (Å²) in [7, 11) is 1.61. The van der Waals surface area contributed by atoms with E-state index in [2.05, 4.69) is 20.1 Å². The third kappa shape index (κ3) is 3.24. The monoisotopic (exact) mass is 317 g/mol. The molecule has 0 fully saturated rings. The van der Waals surface area contributed by atoms with Gasteiger partial charge in [-0.1, -0.05) is 0 Å². The van der Waals surface area contributed by atoms with Crippen molar-refractivity contribution in [2.75, 3.05) is 6.54 Å². The molecule has 3 rings (SSSR count). The number of alkyl halides is 3. The van der Waals surface area contributed by atoms with Gasteiger partial charge in [-0.25, -0.2) is 4.98 Å². The number of imidazole rings is 1. The van der Waals surface area contributed by atoms with Crippen LogP contribution in [0.1, 0.15) is 17.0 Å². The van der Waals surface area contributed by atoms with Gasteiger partial charge in [0.15, 0.2) is 5.16 Å². The third-order valence-corrected chi connectivity index (χ3v) is 4.31. The first kappa shape index (κ1) is 14.5. The normalized spacial score (nSPS) is 16.2. The van der Waals surface area contributed by atoms with Crippen LogP contribution < -0.4 is 0 Å². The van der Waals surface area contributed by atoms with Crippen molar-refractivity contribution < 1.29 is 13.2 Å². The Balaban J connectivity index is 1.69. The fourth-order valence-electron chi connectivity index (χ4n) is 2.42. The van der Waals surface area contributed by atoms with Crippen molar-refractivity contribution in [3.63, 3.8) is 0 Å². The number of aromatic nitrogens is 4. The maximum absolute atomic E-state index is 12.4. The van der Waals surface area contributed by atoms with Crippen LogP contribution in [0.3, 0.4) is 0 Å². The van der Waals surface area contributed by atoms with E-state index in [1.165, 1.54) is 10.8 Å². The van der Waals surface area contributed by atoms with Gasteiger partial charge < -0.3 is 4.57 Å². The maximum atomic E-state index is 12.4. The lowest BCUT2D eigenvalue weighted by Gasteiger charge is -2.26. The molecule has 0 unspecified atom stereocenters. The van der Waals surface area contributed by atoms with Gasteiger partial charge in [-0.05, 0) is 0 Å². The van der Waals surface area contributed by atoms with Crippen molar-refractivity contribution >= 4 is 11.8 Å². The lowest BCUT2D eigenvalue weighted by molar-refractivity contribution is -0.0332. The lowest BCUT2D eigenvalue weighted by Crippen LogP contribution is -2.30. The van der Waals surface area contributed by atoms with E-state index in [9.17, 15) is 13.2 Å². The van der Waals surface area contributed by atoms with Crippen molar-refractivity contribution in [3.05, 3.63) is 29.3 Å². The Morgan fingerprint density at radius 1 is 1.38 bits per heavy atom. The fourth-order valence-corrected chi connectivity index (χ4v) is 2.98. The van der Waals surface area contributed by atoms with Crippen LogP contribution in [0.15, 0.2) is 17.6 Å². The van der Waals surface area contributed by atoms with E-state index in [4.69, 9.17) is 0 Å². The zero-order valence-corrected chi connectivity index (χ0v) is 12.1. The van der Waals surface area contributed by atoms with Gasteiger partial charge in [0.1, 0.15) is 0 Å². The minimum Gasteiger partial charge on any atom is -0.325 e. The largest absolute Gasteiger partial charge is 0.449 e. The molecule has 0 saturated heterocycles. The predicted octanol–water partition coefficient (Wildman–Crippen LogP) is 2.31. The van der Waals surface area contributed by atoms with Gasteiger partial charge in [-0.2, -0.15) is 18.3 Å². The van der Waals surface area contributed by atoms with Gasteiger partial charge in [0, 0.05) is 56.1 Å². The molecule has 0 amide bonds. The molecule has 3 heterocycles. The first-order valence-electron chi connectivity index (χ1n) is 6.42. The molecule has 0 atom stereocenters. The number of H-pyrrole nitrogens is 1. The Kier molecular flexibility index (Phi) is 3.70. The molecule has 114 valence electrons. The summed E-state index contributed by atoms with van der Waals surface area (Å²) < 4.78 is 38.7. The molecule has 1 aliphatic rings. The van der Waals surface area contributed by atoms with E-state index in [1.54, 1.807) is 13.2 Å². The molecular weight excluding hydrogens is 303 g/mol. The number of nitrogens with one attached hydrogen (secondary N) is 1. The molecule has 2 aromatic rings. The predicted molar refractivity (Wildman–Crippen MR) is 71.5 cm³/mol. The molecule has 0 spiro atoms. The Morgan fingerprint density at radius 2 is 2.19 bits per heavy atom. The highest BCUT2D eigenvalue weighted by molar-refractivity contribution is 8.00. The summed E-state index contributed by atoms with van der Waals surface area (Å²) >= 11 is -0.181. The van der Waals surface area contributed by atoms with Crippen LogP contribution in [-0.2, 0) is 26.6 Å². The number of hydrogen-bond acceptors (Lipinski definition) is 4. The summed E-state index contributed by atoms with van der Waals surface area (Å²) in [6, 6.07) is 0. The first-order chi connectivity index (χ1) is 9.92. The van der Waals surface area contributed by atoms with Crippen LogP contribution >= 0.6 is 11.8 Å². The van der Waals surface area contributed by atoms with Gasteiger partial charge in [-0.15, -0.1) is 0 Å².